The van der Waals surface area contributed by atoms with E-state index in [9.17, 15) is 4.79 Å². The fourth-order valence-corrected chi connectivity index (χ4v) is 30.8. The SMILES string of the molecule is C=CC(=O)OC(CC)[SiH2][Si](O[SiH2]O[Si](C)(C)C)(O[Si](C)(C)C)O[Si](C)(C)C. The normalized spacial score (nSPS) is 15.6. The standard InChI is InChI=1S/C15H40O6Si6/c1-12-14(16)17-15(13-2)22-27(20-25(6,7)8,21-26(9,10)11)19-23-18-24(3,4)5/h12,15H,1,13,22-23H2,2-11H3. The molecule has 0 saturated carbocycles. The molecule has 12 heteroatoms. The average molecular weight is 485 g/mol. The minimum absolute atomic E-state index is 0.184. The van der Waals surface area contributed by atoms with E-state index in [4.69, 9.17) is 21.2 Å². The van der Waals surface area contributed by atoms with Gasteiger partial charge in [-0.05, 0) is 65.3 Å². The number of esters is 1. The van der Waals surface area contributed by atoms with Crippen LogP contribution in [0.4, 0.5) is 0 Å². The van der Waals surface area contributed by atoms with Gasteiger partial charge in [-0.3, -0.25) is 0 Å². The Morgan fingerprint density at radius 3 is 1.74 bits per heavy atom. The van der Waals surface area contributed by atoms with E-state index >= 15 is 0 Å². The number of rotatable bonds is 13. The second-order valence-electron chi connectivity index (χ2n) is 9.51. The number of carbonyl (C=O) groups excluding carboxylic acids is 1. The molecule has 0 bridgehead atoms. The van der Waals surface area contributed by atoms with Crippen molar-refractivity contribution < 1.29 is 26.0 Å². The second-order valence-corrected chi connectivity index (χ2v) is 32.9. The van der Waals surface area contributed by atoms with Crippen molar-refractivity contribution in [1.29, 1.82) is 0 Å². The lowest BCUT2D eigenvalue weighted by atomic mass is 10.5. The van der Waals surface area contributed by atoms with Gasteiger partial charge >= 0.3 is 14.3 Å². The van der Waals surface area contributed by atoms with Gasteiger partial charge in [0.05, 0.1) is 5.73 Å². The molecule has 0 N–H and O–H groups in total. The summed E-state index contributed by atoms with van der Waals surface area (Å²) in [6, 6.07) is 0. The Labute approximate surface area is 174 Å². The maximum atomic E-state index is 11.8. The van der Waals surface area contributed by atoms with E-state index in [1.54, 1.807) is 0 Å². The highest BCUT2D eigenvalue weighted by Crippen LogP contribution is 2.23. The van der Waals surface area contributed by atoms with Crippen LogP contribution in [0.1, 0.15) is 13.3 Å². The molecule has 0 spiro atoms. The van der Waals surface area contributed by atoms with Crippen LogP contribution in [0.3, 0.4) is 0 Å². The topological polar surface area (TPSA) is 63.2 Å². The highest BCUT2D eigenvalue weighted by Gasteiger charge is 2.49. The Hall–Kier alpha value is 0.351. The van der Waals surface area contributed by atoms with Gasteiger partial charge in [0, 0.05) is 6.08 Å². The summed E-state index contributed by atoms with van der Waals surface area (Å²) in [6.07, 6.45) is 1.94. The first-order valence-electron chi connectivity index (χ1n) is 9.52. The van der Waals surface area contributed by atoms with E-state index < -0.39 is 58.3 Å². The molecular formula is C15H40O6Si6. The molecule has 0 aliphatic carbocycles. The van der Waals surface area contributed by atoms with E-state index in [0.29, 0.717) is 0 Å². The van der Waals surface area contributed by atoms with Gasteiger partial charge in [0.2, 0.25) is 0 Å². The third-order valence-corrected chi connectivity index (χ3v) is 25.6. The van der Waals surface area contributed by atoms with E-state index in [0.717, 1.165) is 6.42 Å². The third-order valence-electron chi connectivity index (χ3n) is 3.08. The predicted octanol–water partition coefficient (Wildman–Crippen LogP) is 2.63. The van der Waals surface area contributed by atoms with Crippen LogP contribution in [0.25, 0.3) is 0 Å². The van der Waals surface area contributed by atoms with Crippen LogP contribution >= 0.6 is 0 Å². The summed E-state index contributed by atoms with van der Waals surface area (Å²) in [4.78, 5) is 11.8. The van der Waals surface area contributed by atoms with Crippen LogP contribution in [-0.2, 0) is 26.0 Å². The molecule has 27 heavy (non-hydrogen) atoms. The molecule has 0 saturated heterocycles. The van der Waals surface area contributed by atoms with E-state index in [2.05, 4.69) is 65.5 Å². The van der Waals surface area contributed by atoms with Gasteiger partial charge in [-0.2, -0.15) is 0 Å². The van der Waals surface area contributed by atoms with Crippen molar-refractivity contribution in [1.82, 2.24) is 0 Å². The fourth-order valence-electron chi connectivity index (χ4n) is 2.21. The number of hydrogen-bond acceptors (Lipinski definition) is 6. The molecule has 0 rings (SSSR count). The highest BCUT2D eigenvalue weighted by atomic mass is 29.2. The van der Waals surface area contributed by atoms with Crippen molar-refractivity contribution in [2.75, 3.05) is 0 Å². The summed E-state index contributed by atoms with van der Waals surface area (Å²) < 4.78 is 31.4. The minimum Gasteiger partial charge on any atom is -0.464 e. The summed E-state index contributed by atoms with van der Waals surface area (Å²) >= 11 is 0. The number of ether oxygens (including phenoxy) is 1. The highest BCUT2D eigenvalue weighted by molar-refractivity contribution is 7.20. The van der Waals surface area contributed by atoms with Crippen molar-refractivity contribution >= 4 is 58.3 Å². The summed E-state index contributed by atoms with van der Waals surface area (Å²) in [5.74, 6) is -0.395. The summed E-state index contributed by atoms with van der Waals surface area (Å²) in [5.41, 5.74) is -0.184. The zero-order valence-corrected chi connectivity index (χ0v) is 25.8. The third kappa shape index (κ3) is 14.0. The molecule has 160 valence electrons. The lowest BCUT2D eigenvalue weighted by molar-refractivity contribution is -0.139. The van der Waals surface area contributed by atoms with Crippen LogP contribution in [0, 0.1) is 0 Å². The van der Waals surface area contributed by atoms with Crippen LogP contribution in [0.2, 0.25) is 58.9 Å². The molecule has 6 nitrogen and oxygen atoms in total. The Morgan fingerprint density at radius 1 is 0.926 bits per heavy atom. The van der Waals surface area contributed by atoms with Crippen molar-refractivity contribution in [2.45, 2.75) is 78.0 Å². The van der Waals surface area contributed by atoms with Gasteiger partial charge in [-0.25, -0.2) is 4.79 Å². The molecular weight excluding hydrogens is 445 g/mol. The van der Waals surface area contributed by atoms with Gasteiger partial charge in [-0.15, -0.1) is 0 Å². The van der Waals surface area contributed by atoms with E-state index in [1.807, 2.05) is 6.92 Å². The minimum atomic E-state index is -2.92. The lowest BCUT2D eigenvalue weighted by Crippen LogP contribution is -2.64. The van der Waals surface area contributed by atoms with Crippen molar-refractivity contribution in [2.24, 2.45) is 0 Å². The smallest absolute Gasteiger partial charge is 0.437 e. The molecule has 0 radical (unpaired) electrons. The number of hydrogen-bond donors (Lipinski definition) is 0. The monoisotopic (exact) mass is 484 g/mol. The summed E-state index contributed by atoms with van der Waals surface area (Å²) in [6.45, 7) is 24.9. The lowest BCUT2D eigenvalue weighted by Gasteiger charge is -2.41. The Bertz CT molecular complexity index is 467. The molecule has 0 fully saturated rings. The Morgan fingerprint density at radius 2 is 1.41 bits per heavy atom. The van der Waals surface area contributed by atoms with E-state index in [1.165, 1.54) is 6.08 Å². The number of carbonyl (C=O) groups is 1. The molecule has 1 unspecified atom stereocenters. The molecule has 0 aromatic heterocycles. The predicted molar refractivity (Wildman–Crippen MR) is 128 cm³/mol. The molecule has 0 aromatic rings. The average Bonchev–Trinajstić information content (AvgIpc) is 2.40. The van der Waals surface area contributed by atoms with Crippen molar-refractivity contribution in [3.05, 3.63) is 12.7 Å². The van der Waals surface area contributed by atoms with Crippen LogP contribution in [0.5, 0.6) is 0 Å². The summed E-state index contributed by atoms with van der Waals surface area (Å²) in [7, 11) is -10.8. The molecule has 0 amide bonds. The molecule has 0 aliphatic rings. The van der Waals surface area contributed by atoms with Gasteiger partial charge in [0.1, 0.15) is 0 Å². The molecule has 1 atom stereocenters. The Kier molecular flexibility index (Phi) is 11.1. The first kappa shape index (κ1) is 27.4. The van der Waals surface area contributed by atoms with Crippen LogP contribution in [-0.4, -0.2) is 64.0 Å². The molecule has 0 heterocycles. The first-order chi connectivity index (χ1) is 12.0. The first-order valence-corrected chi connectivity index (χ1v) is 25.8. The molecule has 0 aromatic carbocycles. The second kappa shape index (κ2) is 10.9. The zero-order valence-electron chi connectivity index (χ0n) is 18.9. The Balaban J connectivity index is 5.70. The van der Waals surface area contributed by atoms with E-state index in [-0.39, 0.29) is 5.73 Å². The van der Waals surface area contributed by atoms with Crippen LogP contribution in [0.15, 0.2) is 12.7 Å². The zero-order chi connectivity index (χ0) is 21.5. The van der Waals surface area contributed by atoms with Crippen molar-refractivity contribution in [3.8, 4) is 0 Å². The van der Waals surface area contributed by atoms with Gasteiger partial charge in [0.25, 0.3) is 10.0 Å². The van der Waals surface area contributed by atoms with Gasteiger partial charge < -0.3 is 21.2 Å². The molecule has 0 aliphatic heterocycles. The summed E-state index contributed by atoms with van der Waals surface area (Å²) in [5, 5.41) is 0. The van der Waals surface area contributed by atoms with Crippen LogP contribution < -0.4 is 0 Å². The van der Waals surface area contributed by atoms with Gasteiger partial charge in [-0.1, -0.05) is 13.5 Å². The maximum Gasteiger partial charge on any atom is 0.437 e. The van der Waals surface area contributed by atoms with Gasteiger partial charge in [0.15, 0.2) is 34.0 Å². The van der Waals surface area contributed by atoms with Crippen molar-refractivity contribution in [3.63, 3.8) is 0 Å². The largest absolute Gasteiger partial charge is 0.464 e. The quantitative estimate of drug-likeness (QED) is 0.227. The fraction of sp³-hybridized carbons (Fsp3) is 0.800. The maximum absolute atomic E-state index is 11.8.